The summed E-state index contributed by atoms with van der Waals surface area (Å²) < 4.78 is 0. The maximum Gasteiger partial charge on any atom is 0.303 e. The van der Waals surface area contributed by atoms with Gasteiger partial charge in [-0.2, -0.15) is 0 Å². The standard InChI is InChI=1S/C7H11N3O2/c8-5-4-9-6(10-5)2-1-3-7(11)12/h4H,1-3,8H2,(H,9,10)(H,11,12). The van der Waals surface area contributed by atoms with E-state index in [1.165, 1.54) is 6.20 Å². The van der Waals surface area contributed by atoms with Crippen LogP contribution < -0.4 is 5.73 Å². The van der Waals surface area contributed by atoms with E-state index in [4.69, 9.17) is 10.8 Å². The molecular formula is C7H11N3O2. The van der Waals surface area contributed by atoms with Crippen LogP contribution in [0.2, 0.25) is 0 Å². The van der Waals surface area contributed by atoms with Crippen LogP contribution in [-0.2, 0) is 11.2 Å². The third kappa shape index (κ3) is 2.61. The number of nitrogen functional groups attached to an aromatic ring is 1. The van der Waals surface area contributed by atoms with E-state index in [0.717, 1.165) is 5.82 Å². The predicted octanol–water partition coefficient (Wildman–Crippen LogP) is 0.399. The number of hydrogen-bond acceptors (Lipinski definition) is 3. The minimum absolute atomic E-state index is 0.167. The predicted molar refractivity (Wildman–Crippen MR) is 43.6 cm³/mol. The van der Waals surface area contributed by atoms with Gasteiger partial charge in [-0.05, 0) is 6.42 Å². The van der Waals surface area contributed by atoms with E-state index >= 15 is 0 Å². The van der Waals surface area contributed by atoms with Crippen molar-refractivity contribution in [3.05, 3.63) is 12.0 Å². The van der Waals surface area contributed by atoms with Crippen LogP contribution in [0, 0.1) is 0 Å². The fourth-order valence-electron chi connectivity index (χ4n) is 0.913. The van der Waals surface area contributed by atoms with Crippen LogP contribution in [0.5, 0.6) is 0 Å². The van der Waals surface area contributed by atoms with Crippen molar-refractivity contribution < 1.29 is 9.90 Å². The first-order valence-corrected chi connectivity index (χ1v) is 3.69. The zero-order valence-electron chi connectivity index (χ0n) is 6.58. The second-order valence-corrected chi connectivity index (χ2v) is 2.53. The molecule has 12 heavy (non-hydrogen) atoms. The Hall–Kier alpha value is -1.52. The summed E-state index contributed by atoms with van der Waals surface area (Å²) in [7, 11) is 0. The molecule has 0 bridgehead atoms. The summed E-state index contributed by atoms with van der Waals surface area (Å²) >= 11 is 0. The average molecular weight is 169 g/mol. The molecule has 0 unspecified atom stereocenters. The highest BCUT2D eigenvalue weighted by atomic mass is 16.4. The van der Waals surface area contributed by atoms with Gasteiger partial charge in [-0.25, -0.2) is 4.98 Å². The molecule has 1 aromatic heterocycles. The molecule has 0 atom stereocenters. The van der Waals surface area contributed by atoms with E-state index in [2.05, 4.69) is 9.97 Å². The van der Waals surface area contributed by atoms with E-state index in [9.17, 15) is 4.79 Å². The largest absolute Gasteiger partial charge is 0.481 e. The van der Waals surface area contributed by atoms with Gasteiger partial charge in [-0.1, -0.05) is 0 Å². The Morgan fingerprint density at radius 3 is 3.00 bits per heavy atom. The van der Waals surface area contributed by atoms with Gasteiger partial charge >= 0.3 is 5.97 Å². The van der Waals surface area contributed by atoms with Crippen molar-refractivity contribution in [2.45, 2.75) is 19.3 Å². The summed E-state index contributed by atoms with van der Waals surface area (Å²) in [5, 5.41) is 8.34. The molecule has 0 amide bonds. The number of H-pyrrole nitrogens is 1. The number of carbonyl (C=O) groups is 1. The fraction of sp³-hybridized carbons (Fsp3) is 0.429. The van der Waals surface area contributed by atoms with Crippen molar-refractivity contribution in [1.82, 2.24) is 9.97 Å². The van der Waals surface area contributed by atoms with Crippen LogP contribution >= 0.6 is 0 Å². The molecule has 0 aliphatic carbocycles. The normalized spacial score (nSPS) is 10.0. The molecule has 0 saturated carbocycles. The first-order chi connectivity index (χ1) is 5.68. The molecule has 1 rings (SSSR count). The lowest BCUT2D eigenvalue weighted by atomic mass is 10.2. The van der Waals surface area contributed by atoms with Gasteiger partial charge in [0.1, 0.15) is 11.6 Å². The van der Waals surface area contributed by atoms with Crippen molar-refractivity contribution in [2.75, 3.05) is 5.73 Å². The third-order valence-corrected chi connectivity index (χ3v) is 1.45. The molecule has 0 aromatic carbocycles. The van der Waals surface area contributed by atoms with Gasteiger partial charge in [0.05, 0.1) is 6.20 Å². The van der Waals surface area contributed by atoms with Crippen molar-refractivity contribution >= 4 is 11.8 Å². The molecule has 5 nitrogen and oxygen atoms in total. The van der Waals surface area contributed by atoms with Gasteiger partial charge in [0.25, 0.3) is 0 Å². The SMILES string of the molecule is Nc1cnc(CCCC(=O)O)[nH]1. The number of rotatable bonds is 4. The molecule has 4 N–H and O–H groups in total. The molecule has 5 heteroatoms. The summed E-state index contributed by atoms with van der Waals surface area (Å²) in [5.74, 6) is 0.476. The molecule has 0 saturated heterocycles. The Morgan fingerprint density at radius 2 is 2.50 bits per heavy atom. The molecule has 1 aromatic rings. The smallest absolute Gasteiger partial charge is 0.303 e. The first-order valence-electron chi connectivity index (χ1n) is 3.69. The molecule has 0 aliphatic heterocycles. The van der Waals surface area contributed by atoms with E-state index in [1.807, 2.05) is 0 Å². The number of aromatic nitrogens is 2. The van der Waals surface area contributed by atoms with Crippen molar-refractivity contribution in [2.24, 2.45) is 0 Å². The van der Waals surface area contributed by atoms with Crippen LogP contribution in [0.1, 0.15) is 18.7 Å². The molecule has 66 valence electrons. The van der Waals surface area contributed by atoms with Gasteiger partial charge in [0.15, 0.2) is 0 Å². The summed E-state index contributed by atoms with van der Waals surface area (Å²) in [6, 6.07) is 0. The monoisotopic (exact) mass is 169 g/mol. The number of carboxylic acid groups (broad SMARTS) is 1. The van der Waals surface area contributed by atoms with E-state index < -0.39 is 5.97 Å². The van der Waals surface area contributed by atoms with Gasteiger partial charge in [0, 0.05) is 12.8 Å². The molecular weight excluding hydrogens is 158 g/mol. The second-order valence-electron chi connectivity index (χ2n) is 2.53. The van der Waals surface area contributed by atoms with Crippen molar-refractivity contribution in [3.8, 4) is 0 Å². The zero-order valence-corrected chi connectivity index (χ0v) is 6.58. The van der Waals surface area contributed by atoms with Crippen molar-refractivity contribution in [1.29, 1.82) is 0 Å². The lowest BCUT2D eigenvalue weighted by Gasteiger charge is -1.92. The average Bonchev–Trinajstić information content (AvgIpc) is 2.35. The maximum atomic E-state index is 10.1. The van der Waals surface area contributed by atoms with Gasteiger partial charge in [0.2, 0.25) is 0 Å². The number of nitrogens with one attached hydrogen (secondary N) is 1. The highest BCUT2D eigenvalue weighted by Gasteiger charge is 2.00. The van der Waals surface area contributed by atoms with Crippen LogP contribution in [0.15, 0.2) is 6.20 Å². The number of hydrogen-bond donors (Lipinski definition) is 3. The number of carboxylic acids is 1. The highest BCUT2D eigenvalue weighted by Crippen LogP contribution is 2.02. The Balaban J connectivity index is 2.29. The number of imidazole rings is 1. The van der Waals surface area contributed by atoms with Crippen molar-refractivity contribution in [3.63, 3.8) is 0 Å². The number of nitrogens with zero attached hydrogens (tertiary/aromatic N) is 1. The van der Waals surface area contributed by atoms with Gasteiger partial charge in [-0.15, -0.1) is 0 Å². The fourth-order valence-corrected chi connectivity index (χ4v) is 0.913. The summed E-state index contributed by atoms with van der Waals surface area (Å²) in [6.45, 7) is 0. The Kier molecular flexibility index (Phi) is 2.68. The molecule has 0 fully saturated rings. The summed E-state index contributed by atoms with van der Waals surface area (Å²) in [5.41, 5.74) is 5.38. The number of nitrogens with two attached hydrogens (primary N) is 1. The van der Waals surface area contributed by atoms with Crippen LogP contribution in [0.25, 0.3) is 0 Å². The Bertz CT molecular complexity index is 269. The maximum absolute atomic E-state index is 10.1. The Labute approximate surface area is 69.6 Å². The van der Waals surface area contributed by atoms with E-state index in [-0.39, 0.29) is 6.42 Å². The highest BCUT2D eigenvalue weighted by molar-refractivity contribution is 5.66. The first kappa shape index (κ1) is 8.58. The van der Waals surface area contributed by atoms with Crippen LogP contribution in [-0.4, -0.2) is 21.0 Å². The quantitative estimate of drug-likeness (QED) is 0.608. The number of aryl methyl sites for hydroxylation is 1. The molecule has 0 spiro atoms. The lowest BCUT2D eigenvalue weighted by molar-refractivity contribution is -0.137. The lowest BCUT2D eigenvalue weighted by Crippen LogP contribution is -1.97. The summed E-state index contributed by atoms with van der Waals surface area (Å²) in [4.78, 5) is 16.9. The van der Waals surface area contributed by atoms with E-state index in [0.29, 0.717) is 18.7 Å². The second kappa shape index (κ2) is 3.75. The summed E-state index contributed by atoms with van der Waals surface area (Å²) in [6.07, 6.45) is 2.91. The molecule has 1 heterocycles. The van der Waals surface area contributed by atoms with Gasteiger partial charge < -0.3 is 15.8 Å². The van der Waals surface area contributed by atoms with Gasteiger partial charge in [-0.3, -0.25) is 4.79 Å². The Morgan fingerprint density at radius 1 is 1.75 bits per heavy atom. The molecule has 0 aliphatic rings. The molecule has 0 radical (unpaired) electrons. The minimum atomic E-state index is -0.783. The minimum Gasteiger partial charge on any atom is -0.481 e. The topological polar surface area (TPSA) is 92.0 Å². The van der Waals surface area contributed by atoms with E-state index in [1.54, 1.807) is 0 Å². The zero-order chi connectivity index (χ0) is 8.97. The number of aromatic amines is 1. The van der Waals surface area contributed by atoms with Crippen LogP contribution in [0.4, 0.5) is 5.82 Å². The number of aliphatic carboxylic acids is 1. The van der Waals surface area contributed by atoms with Crippen LogP contribution in [0.3, 0.4) is 0 Å². The number of anilines is 1. The third-order valence-electron chi connectivity index (χ3n) is 1.45.